The van der Waals surface area contributed by atoms with E-state index >= 15 is 0 Å². The van der Waals surface area contributed by atoms with E-state index in [4.69, 9.17) is 38.5 Å². The fraction of sp³-hybridized carbons (Fsp3) is 0.625. The van der Waals surface area contributed by atoms with E-state index in [-0.39, 0.29) is 42.3 Å². The molecule has 2 aliphatic rings. The maximum Gasteiger partial charge on any atom is 0.166 e. The van der Waals surface area contributed by atoms with Gasteiger partial charge in [-0.05, 0) is 84.4 Å². The summed E-state index contributed by atoms with van der Waals surface area (Å²) in [6, 6.07) is 7.98. The monoisotopic (exact) mass is 628 g/mol. The van der Waals surface area contributed by atoms with Gasteiger partial charge in [0, 0.05) is 49.1 Å². The first-order valence-corrected chi connectivity index (χ1v) is 15.9. The highest BCUT2D eigenvalue weighted by atomic mass is 35.5. The molecular weight excluding hydrogens is 580 g/mol. The van der Waals surface area contributed by atoms with Crippen molar-refractivity contribution in [3.63, 3.8) is 0 Å². The van der Waals surface area contributed by atoms with Gasteiger partial charge in [-0.25, -0.2) is 9.97 Å². The number of nitrogens with zero attached hydrogens (tertiary/aromatic N) is 3. The van der Waals surface area contributed by atoms with E-state index in [1.165, 1.54) is 0 Å². The van der Waals surface area contributed by atoms with Crippen molar-refractivity contribution in [2.24, 2.45) is 17.2 Å². The number of aromatic nitrogens is 2. The summed E-state index contributed by atoms with van der Waals surface area (Å²) >= 11 is 6.58. The Balaban J connectivity index is 1.39. The Labute approximate surface area is 266 Å². The molecule has 1 aliphatic carbocycles. The number of halogens is 1. The second kappa shape index (κ2) is 14.2. The first-order valence-electron chi connectivity index (χ1n) is 15.5. The van der Waals surface area contributed by atoms with Crippen LogP contribution in [0.5, 0.6) is 0 Å². The molecule has 1 saturated carbocycles. The highest BCUT2D eigenvalue weighted by Crippen LogP contribution is 2.31. The topological polar surface area (TPSA) is 175 Å². The van der Waals surface area contributed by atoms with Crippen LogP contribution >= 0.6 is 11.6 Å². The first kappa shape index (κ1) is 34.2. The van der Waals surface area contributed by atoms with Crippen LogP contribution in [-0.2, 0) is 14.3 Å². The number of anilines is 2. The molecule has 0 amide bonds. The smallest absolute Gasteiger partial charge is 0.166 e. The molecule has 0 radical (unpaired) electrons. The van der Waals surface area contributed by atoms with Crippen molar-refractivity contribution in [3.05, 3.63) is 35.5 Å². The Morgan fingerprint density at radius 3 is 2.23 bits per heavy atom. The number of nitrogens with two attached hydrogens (primary N) is 3. The fourth-order valence-electron chi connectivity index (χ4n) is 5.50. The van der Waals surface area contributed by atoms with E-state index in [0.717, 1.165) is 55.6 Å². The molecule has 12 heteroatoms. The van der Waals surface area contributed by atoms with Crippen molar-refractivity contribution in [2.45, 2.75) is 94.9 Å². The molecular formula is C32H49ClN8O3. The number of pyridine rings is 2. The number of rotatable bonds is 13. The minimum atomic E-state index is -0.974. The standard InChI is InChI=1S/C32H49ClN8O3/c1-30(2,34)26(42)18-41(19-27(43)31(3,4)35)22-10-8-21(9-11-22)39-29-16-23(24(33)17-37-29)25-6-5-7-28(40-25)38-20-32(36)12-14-44-15-13-32/h5-7,16-17,21-22H,8-15,18-20,34-36H2,1-4H3,(H,37,39)(H,38,40). The van der Waals surface area contributed by atoms with Gasteiger partial charge < -0.3 is 32.6 Å². The van der Waals surface area contributed by atoms with E-state index in [2.05, 4.69) is 15.6 Å². The Kier molecular flexibility index (Phi) is 11.0. The molecule has 11 nitrogen and oxygen atoms in total. The number of hydrogen-bond donors (Lipinski definition) is 5. The summed E-state index contributed by atoms with van der Waals surface area (Å²) < 4.78 is 5.45. The second-order valence-corrected chi connectivity index (χ2v) is 14.0. The Morgan fingerprint density at radius 1 is 1.02 bits per heavy atom. The molecule has 2 aromatic heterocycles. The van der Waals surface area contributed by atoms with Crippen LogP contribution in [0.25, 0.3) is 11.3 Å². The van der Waals surface area contributed by atoms with Gasteiger partial charge in [0.15, 0.2) is 11.6 Å². The van der Waals surface area contributed by atoms with Gasteiger partial charge in [0.25, 0.3) is 0 Å². The number of ether oxygens (including phenoxy) is 1. The van der Waals surface area contributed by atoms with Crippen LogP contribution in [0.3, 0.4) is 0 Å². The number of Topliss-reactive ketones (excluding diaryl/α,β-unsaturated/α-hetero) is 2. The fourth-order valence-corrected chi connectivity index (χ4v) is 5.70. The quantitative estimate of drug-likeness (QED) is 0.220. The highest BCUT2D eigenvalue weighted by molar-refractivity contribution is 6.33. The third kappa shape index (κ3) is 9.42. The number of ketones is 2. The Morgan fingerprint density at radius 2 is 1.64 bits per heavy atom. The summed E-state index contributed by atoms with van der Waals surface area (Å²) in [6.45, 7) is 8.99. The normalized spacial score (nSPS) is 20.8. The highest BCUT2D eigenvalue weighted by Gasteiger charge is 2.34. The lowest BCUT2D eigenvalue weighted by molar-refractivity contribution is -0.128. The van der Waals surface area contributed by atoms with Crippen molar-refractivity contribution in [2.75, 3.05) is 43.5 Å². The molecule has 1 aliphatic heterocycles. The first-order chi connectivity index (χ1) is 20.6. The molecule has 4 rings (SSSR count). The van der Waals surface area contributed by atoms with Gasteiger partial charge in [0.1, 0.15) is 11.6 Å². The number of nitrogens with one attached hydrogen (secondary N) is 2. The molecule has 3 heterocycles. The molecule has 8 N–H and O–H groups in total. The number of carbonyl (C=O) groups excluding carboxylic acids is 2. The molecule has 0 unspecified atom stereocenters. The third-order valence-electron chi connectivity index (χ3n) is 8.69. The summed E-state index contributed by atoms with van der Waals surface area (Å²) in [4.78, 5) is 36.9. The maximum atomic E-state index is 12.8. The molecule has 1 saturated heterocycles. The van der Waals surface area contributed by atoms with Crippen LogP contribution in [0.2, 0.25) is 5.02 Å². The predicted octanol–water partition coefficient (Wildman–Crippen LogP) is 3.35. The van der Waals surface area contributed by atoms with Crippen molar-refractivity contribution < 1.29 is 14.3 Å². The molecule has 2 fully saturated rings. The zero-order valence-corrected chi connectivity index (χ0v) is 27.3. The molecule has 242 valence electrons. The predicted molar refractivity (Wildman–Crippen MR) is 176 cm³/mol. The van der Waals surface area contributed by atoms with Gasteiger partial charge in [-0.15, -0.1) is 0 Å². The van der Waals surface area contributed by atoms with Gasteiger partial charge >= 0.3 is 0 Å². The van der Waals surface area contributed by atoms with Crippen molar-refractivity contribution in [3.8, 4) is 11.3 Å². The van der Waals surface area contributed by atoms with Gasteiger partial charge in [-0.3, -0.25) is 14.5 Å². The lowest BCUT2D eigenvalue weighted by atomic mass is 9.88. The van der Waals surface area contributed by atoms with Crippen LogP contribution in [0.4, 0.5) is 11.6 Å². The molecule has 0 bridgehead atoms. The molecule has 0 spiro atoms. The SMILES string of the molecule is CC(C)(N)C(=O)CN(CC(=O)C(C)(C)N)C1CCC(Nc2cc(-c3cccc(NCC4(N)CCOCC4)n3)c(Cl)cn2)CC1. The Bertz CT molecular complexity index is 1270. The molecule has 0 aromatic carbocycles. The zero-order chi connectivity index (χ0) is 32.1. The van der Waals surface area contributed by atoms with E-state index in [9.17, 15) is 9.59 Å². The lowest BCUT2D eigenvalue weighted by Gasteiger charge is -2.38. The lowest BCUT2D eigenvalue weighted by Crippen LogP contribution is -2.54. The van der Waals surface area contributed by atoms with E-state index in [1.54, 1.807) is 33.9 Å². The van der Waals surface area contributed by atoms with Crippen LogP contribution < -0.4 is 27.8 Å². The largest absolute Gasteiger partial charge is 0.381 e. The average Bonchev–Trinajstić information content (AvgIpc) is 2.97. The minimum Gasteiger partial charge on any atom is -0.381 e. The van der Waals surface area contributed by atoms with Crippen LogP contribution in [0, 0.1) is 0 Å². The van der Waals surface area contributed by atoms with Gasteiger partial charge in [0.2, 0.25) is 0 Å². The van der Waals surface area contributed by atoms with E-state index in [0.29, 0.717) is 30.6 Å². The van der Waals surface area contributed by atoms with Gasteiger partial charge in [-0.2, -0.15) is 0 Å². The van der Waals surface area contributed by atoms with Crippen LogP contribution in [0.15, 0.2) is 30.5 Å². The summed E-state index contributed by atoms with van der Waals surface area (Å²) in [5.41, 5.74) is 18.0. The molecule has 2 aromatic rings. The van der Waals surface area contributed by atoms with E-state index < -0.39 is 11.1 Å². The maximum absolute atomic E-state index is 12.8. The zero-order valence-electron chi connectivity index (χ0n) is 26.5. The van der Waals surface area contributed by atoms with Gasteiger partial charge in [0.05, 0.1) is 34.9 Å². The van der Waals surface area contributed by atoms with Gasteiger partial charge in [-0.1, -0.05) is 17.7 Å². The third-order valence-corrected chi connectivity index (χ3v) is 8.99. The van der Waals surface area contributed by atoms with Crippen molar-refractivity contribution >= 4 is 34.8 Å². The van der Waals surface area contributed by atoms with Crippen molar-refractivity contribution in [1.29, 1.82) is 0 Å². The van der Waals surface area contributed by atoms with Crippen LogP contribution in [-0.4, -0.2) is 88.0 Å². The summed E-state index contributed by atoms with van der Waals surface area (Å²) in [5, 5.41) is 7.47. The minimum absolute atomic E-state index is 0.0765. The number of hydrogen-bond acceptors (Lipinski definition) is 11. The average molecular weight is 629 g/mol. The number of carbonyl (C=O) groups is 2. The molecule has 0 atom stereocenters. The van der Waals surface area contributed by atoms with E-state index in [1.807, 2.05) is 29.2 Å². The van der Waals surface area contributed by atoms with Crippen molar-refractivity contribution in [1.82, 2.24) is 14.9 Å². The molecule has 44 heavy (non-hydrogen) atoms. The van der Waals surface area contributed by atoms with Crippen LogP contribution in [0.1, 0.15) is 66.2 Å². The Hall–Kier alpha value is -2.67. The second-order valence-electron chi connectivity index (χ2n) is 13.6. The summed E-state index contributed by atoms with van der Waals surface area (Å²) in [7, 11) is 0. The summed E-state index contributed by atoms with van der Waals surface area (Å²) in [5.74, 6) is 1.25. The summed E-state index contributed by atoms with van der Waals surface area (Å²) in [6.07, 6.45) is 6.59.